The number of nitrogen functional groups attached to an aromatic ring is 1. The van der Waals surface area contributed by atoms with Gasteiger partial charge in [-0.25, -0.2) is 14.8 Å². The van der Waals surface area contributed by atoms with Crippen molar-refractivity contribution in [2.24, 2.45) is 0 Å². The van der Waals surface area contributed by atoms with Gasteiger partial charge >= 0.3 is 6.09 Å². The van der Waals surface area contributed by atoms with E-state index >= 15 is 0 Å². The quantitative estimate of drug-likeness (QED) is 0.499. The number of carbonyl (C=O) groups is 1. The van der Waals surface area contributed by atoms with Gasteiger partial charge in [0.15, 0.2) is 5.82 Å². The number of hydrogen-bond donors (Lipinski definition) is 2. The van der Waals surface area contributed by atoms with E-state index in [1.54, 1.807) is 0 Å². The number of nitrogens with two attached hydrogens (primary N) is 1. The Balaban J connectivity index is 1.69. The van der Waals surface area contributed by atoms with Crippen molar-refractivity contribution >= 4 is 33.8 Å². The number of benzene rings is 1. The van der Waals surface area contributed by atoms with Crippen LogP contribution < -0.4 is 11.1 Å². The molecule has 0 fully saturated rings. The van der Waals surface area contributed by atoms with Gasteiger partial charge in [-0.1, -0.05) is 31.5 Å². The van der Waals surface area contributed by atoms with E-state index in [0.29, 0.717) is 32.1 Å². The molecule has 3 aromatic rings. The lowest BCUT2D eigenvalue weighted by Gasteiger charge is -2.19. The topological polar surface area (TPSA) is 104 Å². The van der Waals surface area contributed by atoms with Crippen LogP contribution >= 0.6 is 0 Å². The average Bonchev–Trinajstić information content (AvgIpc) is 3.07. The van der Waals surface area contributed by atoms with Crippen molar-refractivity contribution in [2.45, 2.75) is 59.1 Å². The first-order valence-corrected chi connectivity index (χ1v) is 10.9. The molecule has 31 heavy (non-hydrogen) atoms. The molecule has 1 amide bonds. The molecule has 8 nitrogen and oxygen atoms in total. The summed E-state index contributed by atoms with van der Waals surface area (Å²) in [5.74, 6) is 1.45. The molecule has 168 valence electrons. The number of ether oxygens (including phenoxy) is 2. The molecular weight excluding hydrogens is 394 g/mol. The number of amides is 1. The van der Waals surface area contributed by atoms with E-state index in [1.165, 1.54) is 0 Å². The summed E-state index contributed by atoms with van der Waals surface area (Å²) in [5, 5.41) is 3.74. The smallest absolute Gasteiger partial charge is 0.407 e. The molecule has 8 heteroatoms. The molecule has 0 saturated carbocycles. The number of alkyl carbamates (subject to hydrolysis) is 1. The number of aryl methyl sites for hydroxylation is 1. The lowest BCUT2D eigenvalue weighted by molar-refractivity contribution is 0.0497. The van der Waals surface area contributed by atoms with E-state index in [4.69, 9.17) is 20.2 Å². The van der Waals surface area contributed by atoms with Crippen molar-refractivity contribution in [3.63, 3.8) is 0 Å². The fourth-order valence-corrected chi connectivity index (χ4v) is 3.47. The largest absolute Gasteiger partial charge is 0.444 e. The van der Waals surface area contributed by atoms with E-state index in [0.717, 1.165) is 47.0 Å². The molecule has 0 aliphatic rings. The molecule has 3 N–H and O–H groups in total. The Hall–Kier alpha value is -2.87. The standard InChI is InChI=1S/C23H33N5O3/c1-5-6-11-18-27-19-20(16-9-7-8-10-17(16)26-21(19)24)28(18)13-15-30-14-12-25-22(29)31-23(2,3)4/h7-10H,5-6,11-15H2,1-4H3,(H2,24,26)(H,25,29). The summed E-state index contributed by atoms with van der Waals surface area (Å²) in [6, 6.07) is 7.98. The second-order valence-corrected chi connectivity index (χ2v) is 8.54. The van der Waals surface area contributed by atoms with E-state index in [-0.39, 0.29) is 0 Å². The van der Waals surface area contributed by atoms with Crippen molar-refractivity contribution in [2.75, 3.05) is 25.5 Å². The number of nitrogens with one attached hydrogen (secondary N) is 1. The van der Waals surface area contributed by atoms with Crippen molar-refractivity contribution in [3.05, 3.63) is 30.1 Å². The Bertz CT molecular complexity index is 1040. The maximum absolute atomic E-state index is 11.7. The Kier molecular flexibility index (Phi) is 7.33. The number of fused-ring (bicyclic) bond motifs is 3. The van der Waals surface area contributed by atoms with Crippen molar-refractivity contribution in [3.8, 4) is 0 Å². The van der Waals surface area contributed by atoms with Crippen LogP contribution in [0.2, 0.25) is 0 Å². The summed E-state index contributed by atoms with van der Waals surface area (Å²) in [7, 11) is 0. The van der Waals surface area contributed by atoms with Crippen LogP contribution in [0.4, 0.5) is 10.6 Å². The molecule has 0 radical (unpaired) electrons. The van der Waals surface area contributed by atoms with Gasteiger partial charge in [0, 0.05) is 24.9 Å². The molecule has 1 aromatic carbocycles. The van der Waals surface area contributed by atoms with Crippen molar-refractivity contribution < 1.29 is 14.3 Å². The fourth-order valence-electron chi connectivity index (χ4n) is 3.47. The van der Waals surface area contributed by atoms with Crippen LogP contribution in [0.25, 0.3) is 21.9 Å². The molecular formula is C23H33N5O3. The SMILES string of the molecule is CCCCc1nc2c(N)nc3ccccc3c2n1CCOCCNC(=O)OC(C)(C)C. The number of carbonyl (C=O) groups excluding carboxylic acids is 1. The summed E-state index contributed by atoms with van der Waals surface area (Å²) >= 11 is 0. The molecule has 0 atom stereocenters. The Morgan fingerprint density at radius 2 is 1.97 bits per heavy atom. The first-order valence-electron chi connectivity index (χ1n) is 10.9. The van der Waals surface area contributed by atoms with Crippen LogP contribution in [0.3, 0.4) is 0 Å². The molecule has 0 saturated heterocycles. The normalized spacial score (nSPS) is 11.9. The highest BCUT2D eigenvalue weighted by atomic mass is 16.6. The van der Waals surface area contributed by atoms with Gasteiger partial charge in [0.2, 0.25) is 0 Å². The van der Waals surface area contributed by atoms with Gasteiger partial charge in [0.05, 0.1) is 24.2 Å². The van der Waals surface area contributed by atoms with Crippen LogP contribution in [0, 0.1) is 0 Å². The Morgan fingerprint density at radius 3 is 2.71 bits per heavy atom. The third kappa shape index (κ3) is 5.85. The number of pyridine rings is 1. The zero-order chi connectivity index (χ0) is 22.4. The van der Waals surface area contributed by atoms with Crippen LogP contribution in [0.15, 0.2) is 24.3 Å². The zero-order valence-corrected chi connectivity index (χ0v) is 18.9. The summed E-state index contributed by atoms with van der Waals surface area (Å²) in [5.41, 5.74) is 8.33. The van der Waals surface area contributed by atoms with Gasteiger partial charge < -0.3 is 25.1 Å². The number of rotatable bonds is 9. The van der Waals surface area contributed by atoms with Crippen LogP contribution in [0.5, 0.6) is 0 Å². The lowest BCUT2D eigenvalue weighted by Crippen LogP contribution is -2.34. The summed E-state index contributed by atoms with van der Waals surface area (Å²) in [6.07, 6.45) is 2.58. The monoisotopic (exact) mass is 427 g/mol. The molecule has 0 spiro atoms. The van der Waals surface area contributed by atoms with Gasteiger partial charge in [0.1, 0.15) is 16.9 Å². The molecule has 3 rings (SSSR count). The first kappa shape index (κ1) is 22.8. The van der Waals surface area contributed by atoms with Gasteiger partial charge in [0.25, 0.3) is 0 Å². The number of imidazole rings is 1. The van der Waals surface area contributed by atoms with Gasteiger partial charge in [-0.05, 0) is 33.3 Å². The molecule has 0 aliphatic heterocycles. The van der Waals surface area contributed by atoms with E-state index < -0.39 is 11.7 Å². The number of nitrogens with zero attached hydrogens (tertiary/aromatic N) is 3. The summed E-state index contributed by atoms with van der Waals surface area (Å²) < 4.78 is 13.2. The zero-order valence-electron chi connectivity index (χ0n) is 18.9. The number of hydrogen-bond acceptors (Lipinski definition) is 6. The summed E-state index contributed by atoms with van der Waals surface area (Å²) in [6.45, 7) is 9.61. The summed E-state index contributed by atoms with van der Waals surface area (Å²) in [4.78, 5) is 21.0. The van der Waals surface area contributed by atoms with Gasteiger partial charge in [-0.3, -0.25) is 0 Å². The Labute approximate surface area is 183 Å². The predicted octanol–water partition coefficient (Wildman–Crippen LogP) is 4.05. The molecule has 2 aromatic heterocycles. The van der Waals surface area contributed by atoms with E-state index in [2.05, 4.69) is 27.9 Å². The number of anilines is 1. The van der Waals surface area contributed by atoms with Crippen molar-refractivity contribution in [1.82, 2.24) is 19.9 Å². The highest BCUT2D eigenvalue weighted by Crippen LogP contribution is 2.29. The number of unbranched alkanes of at least 4 members (excludes halogenated alkanes) is 1. The molecule has 0 bridgehead atoms. The minimum absolute atomic E-state index is 0.391. The van der Waals surface area contributed by atoms with Crippen molar-refractivity contribution in [1.29, 1.82) is 0 Å². The maximum atomic E-state index is 11.7. The third-order valence-electron chi connectivity index (χ3n) is 4.82. The Morgan fingerprint density at radius 1 is 1.19 bits per heavy atom. The minimum Gasteiger partial charge on any atom is -0.444 e. The second-order valence-electron chi connectivity index (χ2n) is 8.54. The highest BCUT2D eigenvalue weighted by Gasteiger charge is 2.17. The van der Waals surface area contributed by atoms with Crippen LogP contribution in [0.1, 0.15) is 46.4 Å². The molecule has 0 aliphatic carbocycles. The van der Waals surface area contributed by atoms with Gasteiger partial charge in [-0.2, -0.15) is 0 Å². The van der Waals surface area contributed by atoms with E-state index in [1.807, 2.05) is 39.0 Å². The molecule has 0 unspecified atom stereocenters. The average molecular weight is 428 g/mol. The molecule has 2 heterocycles. The highest BCUT2D eigenvalue weighted by molar-refractivity contribution is 6.06. The van der Waals surface area contributed by atoms with Crippen LogP contribution in [-0.2, 0) is 22.4 Å². The first-order chi connectivity index (χ1) is 14.8. The van der Waals surface area contributed by atoms with E-state index in [9.17, 15) is 4.79 Å². The fraction of sp³-hybridized carbons (Fsp3) is 0.522. The number of aromatic nitrogens is 3. The lowest BCUT2D eigenvalue weighted by atomic mass is 10.2. The van der Waals surface area contributed by atoms with Gasteiger partial charge in [-0.15, -0.1) is 0 Å². The third-order valence-corrected chi connectivity index (χ3v) is 4.82. The maximum Gasteiger partial charge on any atom is 0.407 e. The second kappa shape index (κ2) is 9.96. The van der Waals surface area contributed by atoms with Crippen LogP contribution in [-0.4, -0.2) is 46.0 Å². The minimum atomic E-state index is -0.512. The number of para-hydroxylation sites is 1. The predicted molar refractivity (Wildman–Crippen MR) is 123 cm³/mol.